The molecular formula is C18H20BrClFN3O3. The van der Waals surface area contributed by atoms with Gasteiger partial charge in [-0.2, -0.15) is 0 Å². The fraction of sp³-hybridized carbons (Fsp3) is 0.444. The van der Waals surface area contributed by atoms with Crippen molar-refractivity contribution >= 4 is 39.0 Å². The predicted molar refractivity (Wildman–Crippen MR) is 106 cm³/mol. The number of anilines is 2. The summed E-state index contributed by atoms with van der Waals surface area (Å²) in [4.78, 5) is 19.2. The third kappa shape index (κ3) is 3.58. The highest BCUT2D eigenvalue weighted by Gasteiger charge is 2.31. The lowest BCUT2D eigenvalue weighted by atomic mass is 10.1. The molecule has 1 atom stereocenters. The summed E-state index contributed by atoms with van der Waals surface area (Å²) in [5, 5.41) is -0.0708. The van der Waals surface area contributed by atoms with Crippen LogP contribution in [0.2, 0.25) is 5.02 Å². The van der Waals surface area contributed by atoms with Crippen LogP contribution in [-0.4, -0.2) is 36.9 Å². The smallest absolute Gasteiger partial charge is 0.294 e. The molecule has 2 aromatic rings. The minimum Gasteiger partial charge on any atom is -0.494 e. The summed E-state index contributed by atoms with van der Waals surface area (Å²) in [5.74, 6) is -0.360. The first-order valence-corrected chi connectivity index (χ1v) is 9.70. The Balaban J connectivity index is 2.14. The fourth-order valence-corrected chi connectivity index (χ4v) is 4.04. The van der Waals surface area contributed by atoms with Gasteiger partial charge in [-0.15, -0.1) is 0 Å². The van der Waals surface area contributed by atoms with Gasteiger partial charge in [0.2, 0.25) is 5.82 Å². The highest BCUT2D eigenvalue weighted by atomic mass is 79.9. The summed E-state index contributed by atoms with van der Waals surface area (Å²) in [6.07, 6.45) is 2.97. The van der Waals surface area contributed by atoms with E-state index >= 15 is 0 Å². The number of hydrogen-bond acceptors (Lipinski definition) is 5. The summed E-state index contributed by atoms with van der Waals surface area (Å²) in [6.45, 7) is 2.85. The number of fused-ring (bicyclic) bond motifs is 1. The van der Waals surface area contributed by atoms with Crippen molar-refractivity contribution < 1.29 is 13.9 Å². The number of rotatable bonds is 6. The Morgan fingerprint density at radius 3 is 2.81 bits per heavy atom. The lowest BCUT2D eigenvalue weighted by Crippen LogP contribution is -2.33. The Bertz CT molecular complexity index is 922. The molecule has 0 N–H and O–H groups in total. The quantitative estimate of drug-likeness (QED) is 0.650. The van der Waals surface area contributed by atoms with Crippen LogP contribution in [0.5, 0.6) is 5.75 Å². The van der Waals surface area contributed by atoms with E-state index in [9.17, 15) is 9.18 Å². The molecule has 0 radical (unpaired) electrons. The molecule has 0 saturated carbocycles. The molecule has 1 aromatic carbocycles. The second kappa shape index (κ2) is 8.16. The molecule has 1 aliphatic heterocycles. The van der Waals surface area contributed by atoms with Crippen LogP contribution in [0.1, 0.15) is 24.9 Å². The van der Waals surface area contributed by atoms with Gasteiger partial charge in [0.05, 0.1) is 25.4 Å². The van der Waals surface area contributed by atoms with Crippen LogP contribution < -0.4 is 15.2 Å². The zero-order valence-electron chi connectivity index (χ0n) is 15.3. The van der Waals surface area contributed by atoms with Crippen LogP contribution in [0, 0.1) is 5.82 Å². The molecule has 1 aromatic heterocycles. The zero-order chi connectivity index (χ0) is 19.7. The van der Waals surface area contributed by atoms with E-state index in [1.165, 1.54) is 7.11 Å². The molecule has 3 rings (SSSR count). The maximum atomic E-state index is 14.5. The van der Waals surface area contributed by atoms with E-state index in [0.29, 0.717) is 36.3 Å². The monoisotopic (exact) mass is 459 g/mol. The summed E-state index contributed by atoms with van der Waals surface area (Å²) < 4.78 is 26.9. The largest absolute Gasteiger partial charge is 0.494 e. The maximum absolute atomic E-state index is 14.5. The first-order valence-electron chi connectivity index (χ1n) is 8.52. The average Bonchev–Trinajstić information content (AvgIpc) is 3.08. The van der Waals surface area contributed by atoms with Gasteiger partial charge < -0.3 is 18.9 Å². The number of nitrogens with zero attached hydrogens (tertiary/aromatic N) is 3. The van der Waals surface area contributed by atoms with Crippen molar-refractivity contribution in [3.8, 4) is 5.75 Å². The average molecular weight is 461 g/mol. The molecule has 0 bridgehead atoms. The van der Waals surface area contributed by atoms with Crippen molar-refractivity contribution in [2.45, 2.75) is 25.8 Å². The van der Waals surface area contributed by atoms with E-state index in [0.717, 1.165) is 5.56 Å². The SMILES string of the molecule is CC[C@H](COC)n1cc(Br)nc(N2CCc3cc(OC)c(F)c(Cl)c32)c1=O. The Morgan fingerprint density at radius 1 is 1.44 bits per heavy atom. The molecule has 0 aliphatic carbocycles. The number of hydrogen-bond donors (Lipinski definition) is 0. The molecule has 27 heavy (non-hydrogen) atoms. The highest BCUT2D eigenvalue weighted by Crippen LogP contribution is 2.43. The number of aromatic nitrogens is 2. The van der Waals surface area contributed by atoms with Crippen LogP contribution >= 0.6 is 27.5 Å². The minimum atomic E-state index is -0.647. The van der Waals surface area contributed by atoms with Crippen molar-refractivity contribution in [1.82, 2.24) is 9.55 Å². The van der Waals surface area contributed by atoms with Crippen LogP contribution in [0.25, 0.3) is 0 Å². The Hall–Kier alpha value is -1.64. The Kier molecular flexibility index (Phi) is 6.08. The molecule has 1 aliphatic rings. The zero-order valence-corrected chi connectivity index (χ0v) is 17.6. The van der Waals surface area contributed by atoms with Crippen LogP contribution in [-0.2, 0) is 11.2 Å². The normalized spacial score (nSPS) is 14.4. The summed E-state index contributed by atoms with van der Waals surface area (Å²) >= 11 is 9.65. The van der Waals surface area contributed by atoms with Crippen molar-refractivity contribution in [2.75, 3.05) is 32.3 Å². The summed E-state index contributed by atoms with van der Waals surface area (Å²) in [5.41, 5.74) is 1.00. The number of methoxy groups -OCH3 is 2. The first-order chi connectivity index (χ1) is 12.9. The molecule has 0 fully saturated rings. The summed E-state index contributed by atoms with van der Waals surface area (Å²) in [7, 11) is 2.99. The number of halogens is 3. The van der Waals surface area contributed by atoms with Gasteiger partial charge in [-0.1, -0.05) is 18.5 Å². The third-order valence-electron chi connectivity index (χ3n) is 4.68. The molecule has 6 nitrogen and oxygen atoms in total. The van der Waals surface area contributed by atoms with E-state index in [-0.39, 0.29) is 28.2 Å². The van der Waals surface area contributed by atoms with Gasteiger partial charge in [0, 0.05) is 19.9 Å². The number of ether oxygens (including phenoxy) is 2. The lowest BCUT2D eigenvalue weighted by molar-refractivity contribution is 0.151. The molecule has 0 spiro atoms. The first kappa shape index (κ1) is 20.1. The lowest BCUT2D eigenvalue weighted by Gasteiger charge is -2.23. The van der Waals surface area contributed by atoms with E-state index in [4.69, 9.17) is 21.1 Å². The Labute approximate surface area is 170 Å². The molecule has 2 heterocycles. The highest BCUT2D eigenvalue weighted by molar-refractivity contribution is 9.10. The Morgan fingerprint density at radius 2 is 2.19 bits per heavy atom. The standard InChI is InChI=1S/C18H20BrClFN3O3/c1-4-11(9-26-2)24-8-13(19)22-17(18(24)25)23-6-5-10-7-12(27-3)15(21)14(20)16(10)23/h7-8,11H,4-6,9H2,1-3H3/t11-/m1/s1. The number of benzene rings is 1. The van der Waals surface area contributed by atoms with Crippen LogP contribution in [0.3, 0.4) is 0 Å². The van der Waals surface area contributed by atoms with Crippen LogP contribution in [0.15, 0.2) is 21.7 Å². The van der Waals surface area contributed by atoms with Gasteiger partial charge in [0.1, 0.15) is 9.63 Å². The van der Waals surface area contributed by atoms with Crippen molar-refractivity contribution in [2.24, 2.45) is 0 Å². The van der Waals surface area contributed by atoms with Gasteiger partial charge in [0.15, 0.2) is 11.6 Å². The van der Waals surface area contributed by atoms with E-state index in [1.54, 1.807) is 28.8 Å². The minimum absolute atomic E-state index is 0.0708. The van der Waals surface area contributed by atoms with E-state index < -0.39 is 5.82 Å². The fourth-order valence-electron chi connectivity index (χ4n) is 3.33. The second-order valence-electron chi connectivity index (χ2n) is 6.23. The van der Waals surface area contributed by atoms with Gasteiger partial charge in [-0.25, -0.2) is 9.37 Å². The van der Waals surface area contributed by atoms with Gasteiger partial charge in [0.25, 0.3) is 5.56 Å². The predicted octanol–water partition coefficient (Wildman–Crippen LogP) is 4.10. The molecule has 146 valence electrons. The molecule has 0 saturated heterocycles. The topological polar surface area (TPSA) is 56.6 Å². The van der Waals surface area contributed by atoms with Gasteiger partial charge in [-0.05, 0) is 40.4 Å². The molecular weight excluding hydrogens is 441 g/mol. The van der Waals surface area contributed by atoms with Crippen molar-refractivity contribution in [3.63, 3.8) is 0 Å². The molecule has 0 amide bonds. The van der Waals surface area contributed by atoms with E-state index in [2.05, 4.69) is 20.9 Å². The van der Waals surface area contributed by atoms with Crippen molar-refractivity contribution in [3.05, 3.63) is 43.6 Å². The third-order valence-corrected chi connectivity index (χ3v) is 5.41. The van der Waals surface area contributed by atoms with E-state index in [1.807, 2.05) is 6.92 Å². The van der Waals surface area contributed by atoms with Crippen LogP contribution in [0.4, 0.5) is 15.9 Å². The summed E-state index contributed by atoms with van der Waals surface area (Å²) in [6, 6.07) is 1.48. The second-order valence-corrected chi connectivity index (χ2v) is 7.42. The maximum Gasteiger partial charge on any atom is 0.294 e. The van der Waals surface area contributed by atoms with Gasteiger partial charge in [-0.3, -0.25) is 4.79 Å². The molecule has 0 unspecified atom stereocenters. The van der Waals surface area contributed by atoms with Crippen molar-refractivity contribution in [1.29, 1.82) is 0 Å². The van der Waals surface area contributed by atoms with Gasteiger partial charge >= 0.3 is 0 Å². The molecule has 9 heteroatoms.